The number of nitrogens with zero attached hydrogens (tertiary/aromatic N) is 4. The number of carbonyl (C=O) groups is 2. The van der Waals surface area contributed by atoms with Gasteiger partial charge in [-0.25, -0.2) is 9.97 Å². The molecule has 3 aliphatic rings. The van der Waals surface area contributed by atoms with E-state index in [1.54, 1.807) is 6.20 Å². The molecule has 0 aromatic carbocycles. The molecule has 1 saturated carbocycles. The van der Waals surface area contributed by atoms with E-state index in [-0.39, 0.29) is 23.7 Å². The van der Waals surface area contributed by atoms with Gasteiger partial charge in [0.1, 0.15) is 11.9 Å². The van der Waals surface area contributed by atoms with E-state index in [0.29, 0.717) is 24.0 Å². The molecule has 1 unspecified atom stereocenters. The lowest BCUT2D eigenvalue weighted by Crippen LogP contribution is -2.71. The summed E-state index contributed by atoms with van der Waals surface area (Å²) in [6, 6.07) is -0.406. The van der Waals surface area contributed by atoms with Gasteiger partial charge < -0.3 is 9.71 Å². The number of aromatic nitrogens is 2. The van der Waals surface area contributed by atoms with Gasteiger partial charge in [0.2, 0.25) is 13.3 Å². The molecule has 1 aromatic rings. The number of thioether (sulfide) groups is 1. The van der Waals surface area contributed by atoms with E-state index in [4.69, 9.17) is 0 Å². The second-order valence-electron chi connectivity index (χ2n) is 7.24. The van der Waals surface area contributed by atoms with Gasteiger partial charge >= 0.3 is 0 Å². The molecule has 3 heterocycles. The lowest BCUT2D eigenvalue weighted by molar-refractivity contribution is -0.132. The molecule has 2 aliphatic heterocycles. The van der Waals surface area contributed by atoms with Crippen molar-refractivity contribution < 1.29 is 9.59 Å². The molecule has 1 aliphatic carbocycles. The minimum atomic E-state index is -0.406. The van der Waals surface area contributed by atoms with Crippen LogP contribution in [0.2, 0.25) is 6.82 Å². The molecule has 132 valence electrons. The van der Waals surface area contributed by atoms with Crippen LogP contribution in [-0.4, -0.2) is 58.3 Å². The number of ketones is 1. The summed E-state index contributed by atoms with van der Waals surface area (Å²) < 4.78 is 0. The maximum absolute atomic E-state index is 13.0. The van der Waals surface area contributed by atoms with Crippen molar-refractivity contribution in [3.63, 3.8) is 0 Å². The molecule has 25 heavy (non-hydrogen) atoms. The van der Waals surface area contributed by atoms with Crippen LogP contribution < -0.4 is 4.90 Å². The zero-order valence-corrected chi connectivity index (χ0v) is 15.6. The summed E-state index contributed by atoms with van der Waals surface area (Å²) in [6.45, 7) is 2.77. The maximum atomic E-state index is 13.0. The highest BCUT2D eigenvalue weighted by Crippen LogP contribution is 2.45. The summed E-state index contributed by atoms with van der Waals surface area (Å²) in [5.74, 6) is 0.745. The van der Waals surface area contributed by atoms with Crippen LogP contribution in [-0.2, 0) is 4.79 Å². The van der Waals surface area contributed by atoms with E-state index in [2.05, 4.69) is 14.9 Å². The first-order chi connectivity index (χ1) is 12.1. The first-order valence-corrected chi connectivity index (χ1v) is 10.3. The Morgan fingerprint density at radius 2 is 2.04 bits per heavy atom. The number of Topliss-reactive ketones (excluding diaryl/α,β-unsaturated/α-hetero) is 1. The largest absolute Gasteiger partial charge is 0.386 e. The molecule has 8 heteroatoms. The number of fused-ring (bicyclic) bond motifs is 4. The minimum Gasteiger partial charge on any atom is -0.386 e. The van der Waals surface area contributed by atoms with E-state index in [9.17, 15) is 9.59 Å². The highest BCUT2D eigenvalue weighted by Gasteiger charge is 2.53. The average Bonchev–Trinajstić information content (AvgIpc) is 2.65. The van der Waals surface area contributed by atoms with E-state index in [1.165, 1.54) is 31.0 Å². The Morgan fingerprint density at radius 1 is 1.28 bits per heavy atom. The number of amides is 1. The highest BCUT2D eigenvalue weighted by atomic mass is 32.2. The number of piperazine rings is 1. The van der Waals surface area contributed by atoms with Crippen molar-refractivity contribution >= 4 is 36.7 Å². The van der Waals surface area contributed by atoms with Crippen molar-refractivity contribution in [1.29, 1.82) is 0 Å². The third-order valence-corrected chi connectivity index (χ3v) is 6.47. The van der Waals surface area contributed by atoms with Crippen LogP contribution in [0.1, 0.15) is 48.9 Å². The van der Waals surface area contributed by atoms with Crippen LogP contribution in [0.4, 0.5) is 5.82 Å². The monoisotopic (exact) mass is 358 g/mol. The van der Waals surface area contributed by atoms with Gasteiger partial charge in [0.25, 0.3) is 0 Å². The number of hydrogen-bond acceptors (Lipinski definition) is 6. The fraction of sp³-hybridized carbons (Fsp3) is 0.647. The average molecular weight is 358 g/mol. The van der Waals surface area contributed by atoms with Crippen LogP contribution in [0.3, 0.4) is 0 Å². The number of carbonyl (C=O) groups excluding carboxylic acids is 2. The molecule has 1 aromatic heterocycles. The molecule has 6 nitrogen and oxygen atoms in total. The second-order valence-corrected chi connectivity index (χ2v) is 8.02. The van der Waals surface area contributed by atoms with Gasteiger partial charge in [-0.05, 0) is 19.1 Å². The smallest absolute Gasteiger partial charge is 0.236 e. The van der Waals surface area contributed by atoms with Gasteiger partial charge in [-0.3, -0.25) is 9.59 Å². The van der Waals surface area contributed by atoms with Crippen LogP contribution in [0, 0.1) is 0 Å². The Kier molecular flexibility index (Phi) is 4.26. The summed E-state index contributed by atoms with van der Waals surface area (Å²) in [5.41, 5.74) is 0.489. The van der Waals surface area contributed by atoms with Crippen LogP contribution in [0.15, 0.2) is 11.4 Å². The van der Waals surface area contributed by atoms with E-state index < -0.39 is 6.04 Å². The third kappa shape index (κ3) is 2.57. The number of rotatable bonds is 2. The van der Waals surface area contributed by atoms with Crippen molar-refractivity contribution in [2.45, 2.75) is 62.1 Å². The van der Waals surface area contributed by atoms with Crippen LogP contribution in [0.25, 0.3) is 0 Å². The standard InChI is InChI=1S/C17H23BN4O2S/c1-18-21-10-17(6-4-3-5-7-17)22-12(15(21)24)8-13(23)11-9-19-16(25-2)20-14(11)22/h9,12,18H,3-8,10H2,1-2H3. The van der Waals surface area contributed by atoms with E-state index >= 15 is 0 Å². The maximum Gasteiger partial charge on any atom is 0.236 e. The molecule has 1 spiro atoms. The predicted molar refractivity (Wildman–Crippen MR) is 99.6 cm³/mol. The van der Waals surface area contributed by atoms with E-state index in [1.807, 2.05) is 17.9 Å². The Morgan fingerprint density at radius 3 is 2.72 bits per heavy atom. The third-order valence-electron chi connectivity index (χ3n) is 5.91. The zero-order valence-electron chi connectivity index (χ0n) is 14.8. The zero-order chi connectivity index (χ0) is 17.6. The molecule has 2 fully saturated rings. The first kappa shape index (κ1) is 16.9. The van der Waals surface area contributed by atoms with Gasteiger partial charge in [0, 0.05) is 19.2 Å². The first-order valence-electron chi connectivity index (χ1n) is 9.12. The molecular formula is C17H23BN4O2S. The van der Waals surface area contributed by atoms with Crippen LogP contribution in [0.5, 0.6) is 0 Å². The van der Waals surface area contributed by atoms with Gasteiger partial charge in [-0.1, -0.05) is 37.8 Å². The highest BCUT2D eigenvalue weighted by molar-refractivity contribution is 7.98. The number of hydrogen-bond donors (Lipinski definition) is 0. The topological polar surface area (TPSA) is 66.4 Å². The normalized spacial score (nSPS) is 25.0. The van der Waals surface area contributed by atoms with Crippen molar-refractivity contribution in [3.05, 3.63) is 11.8 Å². The fourth-order valence-electron chi connectivity index (χ4n) is 4.71. The lowest BCUT2D eigenvalue weighted by Gasteiger charge is -2.57. The summed E-state index contributed by atoms with van der Waals surface area (Å²) in [7, 11) is 0.700. The molecule has 4 rings (SSSR count). The summed E-state index contributed by atoms with van der Waals surface area (Å²) in [4.78, 5) is 38.8. The predicted octanol–water partition coefficient (Wildman–Crippen LogP) is 1.90. The van der Waals surface area contributed by atoms with E-state index in [0.717, 1.165) is 19.4 Å². The van der Waals surface area contributed by atoms with Gasteiger partial charge in [-0.2, -0.15) is 0 Å². The Balaban J connectivity index is 1.87. The molecular weight excluding hydrogens is 335 g/mol. The molecule has 0 bridgehead atoms. The quantitative estimate of drug-likeness (QED) is 0.457. The van der Waals surface area contributed by atoms with Crippen LogP contribution >= 0.6 is 11.8 Å². The Hall–Kier alpha value is -1.57. The van der Waals surface area contributed by atoms with Crippen molar-refractivity contribution in [2.24, 2.45) is 0 Å². The van der Waals surface area contributed by atoms with Gasteiger partial charge in [-0.15, -0.1) is 0 Å². The SMILES string of the molecule is CBN1CC2(CCCCC2)N2c3nc(SC)ncc3C(=O)CC2C1=O. The lowest BCUT2D eigenvalue weighted by atomic mass is 9.73. The molecule has 1 saturated heterocycles. The molecule has 1 atom stereocenters. The Bertz CT molecular complexity index is 723. The summed E-state index contributed by atoms with van der Waals surface area (Å²) in [5, 5.41) is 0.656. The molecule has 1 amide bonds. The fourth-order valence-corrected chi connectivity index (χ4v) is 5.05. The summed E-state index contributed by atoms with van der Waals surface area (Å²) >= 11 is 1.47. The van der Waals surface area contributed by atoms with Crippen molar-refractivity contribution in [2.75, 3.05) is 17.7 Å². The molecule has 0 N–H and O–H groups in total. The van der Waals surface area contributed by atoms with Gasteiger partial charge in [0.15, 0.2) is 10.9 Å². The summed E-state index contributed by atoms with van der Waals surface area (Å²) in [6.07, 6.45) is 9.51. The van der Waals surface area contributed by atoms with Crippen molar-refractivity contribution in [1.82, 2.24) is 14.8 Å². The number of anilines is 1. The Labute approximate surface area is 153 Å². The van der Waals surface area contributed by atoms with Gasteiger partial charge in [0.05, 0.1) is 11.1 Å². The minimum absolute atomic E-state index is 0.0128. The second kappa shape index (κ2) is 6.30. The molecule has 0 radical (unpaired) electrons. The van der Waals surface area contributed by atoms with Crippen molar-refractivity contribution in [3.8, 4) is 0 Å².